The maximum Gasteiger partial charge on any atom is 0.173 e. The average Bonchev–Trinajstić information content (AvgIpc) is 2.93. The van der Waals surface area contributed by atoms with Crippen molar-refractivity contribution in [2.45, 2.75) is 49.2 Å². The van der Waals surface area contributed by atoms with Gasteiger partial charge in [-0.3, -0.25) is 0 Å². The Morgan fingerprint density at radius 2 is 1.19 bits per heavy atom. The number of hydrogen-bond donors (Lipinski definition) is 0. The zero-order chi connectivity index (χ0) is 25.0. The molecule has 3 aromatic rings. The van der Waals surface area contributed by atoms with Gasteiger partial charge in [0.1, 0.15) is 18.3 Å². The molecular weight excluding hydrogens is 520 g/mol. The lowest BCUT2D eigenvalue weighted by molar-refractivity contribution is -0.270. The Morgan fingerprint density at radius 1 is 0.694 bits per heavy atom. The van der Waals surface area contributed by atoms with Crippen molar-refractivity contribution in [2.24, 2.45) is 0 Å². The van der Waals surface area contributed by atoms with Gasteiger partial charge in [0, 0.05) is 0 Å². The maximum atomic E-state index is 6.47. The van der Waals surface area contributed by atoms with Gasteiger partial charge in [-0.05, 0) is 16.7 Å². The van der Waals surface area contributed by atoms with Gasteiger partial charge < -0.3 is 23.7 Å². The number of ether oxygens (including phenoxy) is 5. The topological polar surface area (TPSA) is 46.2 Å². The van der Waals surface area contributed by atoms with Crippen molar-refractivity contribution in [3.63, 3.8) is 0 Å². The molecule has 0 amide bonds. The maximum absolute atomic E-state index is 6.47. The fourth-order valence-corrected chi connectivity index (χ4v) is 4.82. The summed E-state index contributed by atoms with van der Waals surface area (Å²) in [4.78, 5) is -0.243. The van der Waals surface area contributed by atoms with E-state index in [1.165, 1.54) is 0 Å². The Hall–Kier alpha value is -2.32. The molecule has 1 fully saturated rings. The van der Waals surface area contributed by atoms with E-state index < -0.39 is 6.29 Å². The minimum atomic E-state index is -0.536. The lowest BCUT2D eigenvalue weighted by Gasteiger charge is -2.44. The van der Waals surface area contributed by atoms with E-state index >= 15 is 0 Å². The van der Waals surface area contributed by atoms with Crippen molar-refractivity contribution in [2.75, 3.05) is 13.2 Å². The highest BCUT2D eigenvalue weighted by Gasteiger charge is 2.47. The van der Waals surface area contributed by atoms with Crippen LogP contribution < -0.4 is 0 Å². The Kier molecular flexibility index (Phi) is 10.7. The van der Waals surface area contributed by atoms with Crippen LogP contribution in [0.2, 0.25) is 0 Å². The molecule has 5 nitrogen and oxygen atoms in total. The zero-order valence-corrected chi connectivity index (χ0v) is 21.9. The molecule has 1 heterocycles. The zero-order valence-electron chi connectivity index (χ0n) is 20.3. The van der Waals surface area contributed by atoms with Gasteiger partial charge in [-0.1, -0.05) is 113 Å². The molecule has 5 atom stereocenters. The Bertz CT molecular complexity index is 1020. The van der Waals surface area contributed by atoms with Crippen LogP contribution in [-0.4, -0.2) is 42.6 Å². The van der Waals surface area contributed by atoms with Crippen LogP contribution in [0.15, 0.2) is 104 Å². The fourth-order valence-electron chi connectivity index (χ4n) is 4.09. The molecule has 0 aliphatic carbocycles. The highest BCUT2D eigenvalue weighted by molar-refractivity contribution is 9.09. The molecule has 0 saturated carbocycles. The lowest BCUT2D eigenvalue weighted by Crippen LogP contribution is -2.59. The summed E-state index contributed by atoms with van der Waals surface area (Å²) in [6.45, 7) is 5.85. The van der Waals surface area contributed by atoms with Crippen molar-refractivity contribution < 1.29 is 23.7 Å². The van der Waals surface area contributed by atoms with Gasteiger partial charge in [-0.15, -0.1) is 6.58 Å². The van der Waals surface area contributed by atoms with Gasteiger partial charge in [0.15, 0.2) is 6.29 Å². The average molecular weight is 553 g/mol. The Morgan fingerprint density at radius 3 is 1.72 bits per heavy atom. The third-order valence-electron chi connectivity index (χ3n) is 5.92. The second kappa shape index (κ2) is 14.4. The van der Waals surface area contributed by atoms with Crippen molar-refractivity contribution >= 4 is 15.9 Å². The van der Waals surface area contributed by atoms with Crippen LogP contribution in [0, 0.1) is 0 Å². The quantitative estimate of drug-likeness (QED) is 0.190. The van der Waals surface area contributed by atoms with E-state index in [0.29, 0.717) is 33.0 Å². The van der Waals surface area contributed by atoms with E-state index in [9.17, 15) is 0 Å². The molecule has 0 spiro atoms. The van der Waals surface area contributed by atoms with Gasteiger partial charge in [-0.2, -0.15) is 0 Å². The standard InChI is InChI=1S/C30H33BrO5/c1-2-18-33-30-27(31)29(35-21-25-16-10-5-11-17-25)28(34-20-24-14-8-4-9-15-24)26(36-30)22-32-19-23-12-6-3-7-13-23/h2-17,26-30H,1,18-22H2/t26-,27+,28-,29-,30+/m1/s1. The first-order valence-electron chi connectivity index (χ1n) is 12.2. The second-order valence-electron chi connectivity index (χ2n) is 8.63. The van der Waals surface area contributed by atoms with Gasteiger partial charge in [-0.25, -0.2) is 0 Å². The molecule has 0 aromatic heterocycles. The Labute approximate surface area is 222 Å². The molecule has 0 bridgehead atoms. The van der Waals surface area contributed by atoms with Gasteiger partial charge >= 0.3 is 0 Å². The van der Waals surface area contributed by atoms with Crippen molar-refractivity contribution in [3.8, 4) is 0 Å². The summed E-state index contributed by atoms with van der Waals surface area (Å²) < 4.78 is 31.4. The van der Waals surface area contributed by atoms with E-state index in [4.69, 9.17) is 23.7 Å². The van der Waals surface area contributed by atoms with Crippen LogP contribution >= 0.6 is 15.9 Å². The first-order valence-corrected chi connectivity index (χ1v) is 13.1. The van der Waals surface area contributed by atoms with E-state index in [1.54, 1.807) is 6.08 Å². The van der Waals surface area contributed by atoms with E-state index in [1.807, 2.05) is 78.9 Å². The fraction of sp³-hybridized carbons (Fsp3) is 0.333. The largest absolute Gasteiger partial charge is 0.374 e. The molecule has 1 aliphatic heterocycles. The summed E-state index contributed by atoms with van der Waals surface area (Å²) >= 11 is 3.79. The molecule has 4 rings (SSSR count). The second-order valence-corrected chi connectivity index (χ2v) is 9.69. The summed E-state index contributed by atoms with van der Waals surface area (Å²) in [6.07, 6.45) is 0.0786. The van der Waals surface area contributed by atoms with Crippen LogP contribution in [0.4, 0.5) is 0 Å². The third-order valence-corrected chi connectivity index (χ3v) is 6.87. The molecule has 36 heavy (non-hydrogen) atoms. The Balaban J connectivity index is 1.51. The summed E-state index contributed by atoms with van der Waals surface area (Å²) in [6, 6.07) is 30.3. The van der Waals surface area contributed by atoms with Gasteiger partial charge in [0.05, 0.1) is 37.9 Å². The third kappa shape index (κ3) is 7.84. The van der Waals surface area contributed by atoms with Crippen LogP contribution in [0.1, 0.15) is 16.7 Å². The molecule has 190 valence electrons. The summed E-state index contributed by atoms with van der Waals surface area (Å²) in [5, 5.41) is 0. The van der Waals surface area contributed by atoms with E-state index in [2.05, 4.69) is 34.6 Å². The van der Waals surface area contributed by atoms with Crippen LogP contribution in [0.5, 0.6) is 0 Å². The summed E-state index contributed by atoms with van der Waals surface area (Å²) in [5.74, 6) is 0. The summed E-state index contributed by atoms with van der Waals surface area (Å²) in [7, 11) is 0. The number of halogens is 1. The van der Waals surface area contributed by atoms with Crippen LogP contribution in [0.25, 0.3) is 0 Å². The first kappa shape index (κ1) is 26.7. The minimum Gasteiger partial charge on any atom is -0.374 e. The van der Waals surface area contributed by atoms with Crippen LogP contribution in [0.3, 0.4) is 0 Å². The molecule has 6 heteroatoms. The predicted octanol–water partition coefficient (Wildman–Crippen LogP) is 6.07. The van der Waals surface area contributed by atoms with E-state index in [-0.39, 0.29) is 23.1 Å². The van der Waals surface area contributed by atoms with Crippen LogP contribution in [-0.2, 0) is 43.5 Å². The monoisotopic (exact) mass is 552 g/mol. The predicted molar refractivity (Wildman–Crippen MR) is 144 cm³/mol. The molecule has 0 unspecified atom stereocenters. The van der Waals surface area contributed by atoms with Crippen molar-refractivity contribution in [3.05, 3.63) is 120 Å². The normalized spacial score (nSPS) is 23.9. The number of hydrogen-bond acceptors (Lipinski definition) is 5. The SMILES string of the molecule is C=CCO[C@H]1O[C@H](COCc2ccccc2)[C@@H](OCc2ccccc2)[C@H](OCc2ccccc2)[C@@H]1Br. The van der Waals surface area contributed by atoms with Gasteiger partial charge in [0.2, 0.25) is 0 Å². The lowest BCUT2D eigenvalue weighted by atomic mass is 10.0. The highest BCUT2D eigenvalue weighted by atomic mass is 79.9. The molecular formula is C30H33BrO5. The van der Waals surface area contributed by atoms with E-state index in [0.717, 1.165) is 16.7 Å². The van der Waals surface area contributed by atoms with Crippen molar-refractivity contribution in [1.29, 1.82) is 0 Å². The molecule has 1 saturated heterocycles. The summed E-state index contributed by atoms with van der Waals surface area (Å²) in [5.41, 5.74) is 3.27. The molecule has 1 aliphatic rings. The number of rotatable bonds is 13. The number of alkyl halides is 1. The molecule has 3 aromatic carbocycles. The highest BCUT2D eigenvalue weighted by Crippen LogP contribution is 2.33. The van der Waals surface area contributed by atoms with Crippen molar-refractivity contribution in [1.82, 2.24) is 0 Å². The van der Waals surface area contributed by atoms with Gasteiger partial charge in [0.25, 0.3) is 0 Å². The molecule has 0 N–H and O–H groups in total. The minimum absolute atomic E-state index is 0.243. The number of benzene rings is 3. The smallest absolute Gasteiger partial charge is 0.173 e. The molecule has 0 radical (unpaired) electrons. The first-order chi connectivity index (χ1) is 17.7.